The summed E-state index contributed by atoms with van der Waals surface area (Å²) in [5.41, 5.74) is 3.82. The molecule has 0 amide bonds. The summed E-state index contributed by atoms with van der Waals surface area (Å²) < 4.78 is 0. The molecule has 0 bridgehead atoms. The van der Waals surface area contributed by atoms with Crippen LogP contribution in [0.5, 0.6) is 0 Å². The fourth-order valence-corrected chi connectivity index (χ4v) is 2.42. The van der Waals surface area contributed by atoms with E-state index in [0.29, 0.717) is 5.95 Å². The topological polar surface area (TPSA) is 49.8 Å². The summed E-state index contributed by atoms with van der Waals surface area (Å²) in [5.74, 6) is 1.52. The van der Waals surface area contributed by atoms with Crippen LogP contribution in [0.4, 0.5) is 17.5 Å². The number of aryl methyl sites for hydroxylation is 2. The van der Waals surface area contributed by atoms with Crippen molar-refractivity contribution < 1.29 is 0 Å². The van der Waals surface area contributed by atoms with E-state index in [0.717, 1.165) is 38.0 Å². The lowest BCUT2D eigenvalue weighted by atomic mass is 10.0. The first-order chi connectivity index (χ1) is 10.8. The van der Waals surface area contributed by atoms with Gasteiger partial charge >= 0.3 is 0 Å². The number of nitrogens with one attached hydrogen (secondary N) is 2. The zero-order chi connectivity index (χ0) is 15.8. The Hall–Kier alpha value is -2.10. The summed E-state index contributed by atoms with van der Waals surface area (Å²) in [6.07, 6.45) is 6.09. The zero-order valence-electron chi connectivity index (χ0n) is 13.8. The molecule has 4 nitrogen and oxygen atoms in total. The molecule has 2 rings (SSSR count). The van der Waals surface area contributed by atoms with Gasteiger partial charge in [0.15, 0.2) is 0 Å². The molecule has 2 aromatic rings. The average molecular weight is 298 g/mol. The van der Waals surface area contributed by atoms with Crippen molar-refractivity contribution in [2.75, 3.05) is 17.2 Å². The van der Waals surface area contributed by atoms with Crippen LogP contribution in [0.1, 0.15) is 44.7 Å². The molecule has 0 atom stereocenters. The van der Waals surface area contributed by atoms with Gasteiger partial charge in [-0.05, 0) is 36.5 Å². The molecule has 0 aliphatic rings. The molecular weight excluding hydrogens is 272 g/mol. The monoisotopic (exact) mass is 298 g/mol. The van der Waals surface area contributed by atoms with Crippen molar-refractivity contribution in [1.29, 1.82) is 0 Å². The maximum absolute atomic E-state index is 4.56. The molecule has 1 aromatic carbocycles. The predicted molar refractivity (Wildman–Crippen MR) is 93.9 cm³/mol. The number of hydrogen-bond donors (Lipinski definition) is 2. The zero-order valence-corrected chi connectivity index (χ0v) is 13.8. The van der Waals surface area contributed by atoms with Gasteiger partial charge < -0.3 is 10.6 Å². The molecule has 2 N–H and O–H groups in total. The SMILES string of the molecule is CCCCNc1nccc(Nc2c(CC)cccc2CC)n1. The van der Waals surface area contributed by atoms with Gasteiger partial charge in [-0.15, -0.1) is 0 Å². The second-order valence-corrected chi connectivity index (χ2v) is 5.33. The minimum absolute atomic E-state index is 0.686. The van der Waals surface area contributed by atoms with Crippen molar-refractivity contribution in [3.05, 3.63) is 41.6 Å². The normalized spacial score (nSPS) is 10.5. The number of anilines is 3. The second-order valence-electron chi connectivity index (χ2n) is 5.33. The van der Waals surface area contributed by atoms with Crippen molar-refractivity contribution in [1.82, 2.24) is 9.97 Å². The van der Waals surface area contributed by atoms with Gasteiger partial charge in [-0.3, -0.25) is 0 Å². The van der Waals surface area contributed by atoms with Crippen LogP contribution in [0.2, 0.25) is 0 Å². The van der Waals surface area contributed by atoms with E-state index in [2.05, 4.69) is 59.6 Å². The molecule has 0 saturated heterocycles. The molecule has 1 aromatic heterocycles. The van der Waals surface area contributed by atoms with Crippen molar-refractivity contribution in [2.45, 2.75) is 46.5 Å². The highest BCUT2D eigenvalue weighted by Gasteiger charge is 2.07. The molecule has 0 aliphatic heterocycles. The Labute approximate surface area is 133 Å². The summed E-state index contributed by atoms with van der Waals surface area (Å²) in [5, 5.41) is 6.75. The quantitative estimate of drug-likeness (QED) is 0.702. The number of nitrogens with zero attached hydrogens (tertiary/aromatic N) is 2. The van der Waals surface area contributed by atoms with Crippen LogP contribution in [0, 0.1) is 0 Å². The lowest BCUT2D eigenvalue weighted by Crippen LogP contribution is -2.07. The molecule has 4 heteroatoms. The summed E-state index contributed by atoms with van der Waals surface area (Å²) in [6.45, 7) is 7.44. The molecule has 0 radical (unpaired) electrons. The molecule has 0 fully saturated rings. The Kier molecular flexibility index (Phi) is 6.19. The Balaban J connectivity index is 2.18. The third kappa shape index (κ3) is 4.20. The first-order valence-electron chi connectivity index (χ1n) is 8.23. The number of rotatable bonds is 8. The third-order valence-electron chi connectivity index (χ3n) is 3.72. The predicted octanol–water partition coefficient (Wildman–Crippen LogP) is 4.56. The number of para-hydroxylation sites is 1. The van der Waals surface area contributed by atoms with E-state index in [1.807, 2.05) is 6.07 Å². The van der Waals surface area contributed by atoms with E-state index in [-0.39, 0.29) is 0 Å². The van der Waals surface area contributed by atoms with Gasteiger partial charge in [-0.2, -0.15) is 4.98 Å². The molecule has 0 unspecified atom stereocenters. The Morgan fingerprint density at radius 3 is 2.36 bits per heavy atom. The van der Waals surface area contributed by atoms with Crippen molar-refractivity contribution in [2.24, 2.45) is 0 Å². The average Bonchev–Trinajstić information content (AvgIpc) is 2.55. The Morgan fingerprint density at radius 1 is 1.00 bits per heavy atom. The molecule has 0 aliphatic carbocycles. The standard InChI is InChI=1S/C18H26N4/c1-4-7-12-19-18-20-13-11-16(22-18)21-17-14(5-2)9-8-10-15(17)6-3/h8-11,13H,4-7,12H2,1-3H3,(H2,19,20,21,22). The number of unbranched alkanes of at least 4 members (excludes halogenated alkanes) is 1. The summed E-state index contributed by atoms with van der Waals surface area (Å²) in [6, 6.07) is 8.38. The number of hydrogen-bond acceptors (Lipinski definition) is 4. The Bertz CT molecular complexity index is 573. The van der Waals surface area contributed by atoms with E-state index < -0.39 is 0 Å². The van der Waals surface area contributed by atoms with Crippen molar-refractivity contribution >= 4 is 17.5 Å². The Morgan fingerprint density at radius 2 is 1.73 bits per heavy atom. The van der Waals surface area contributed by atoms with E-state index in [4.69, 9.17) is 0 Å². The van der Waals surface area contributed by atoms with Crippen molar-refractivity contribution in [3.8, 4) is 0 Å². The fraction of sp³-hybridized carbons (Fsp3) is 0.444. The first kappa shape index (κ1) is 16.3. The fourth-order valence-electron chi connectivity index (χ4n) is 2.42. The van der Waals surface area contributed by atoms with E-state index in [1.54, 1.807) is 6.20 Å². The number of benzene rings is 1. The largest absolute Gasteiger partial charge is 0.354 e. The first-order valence-corrected chi connectivity index (χ1v) is 8.23. The van der Waals surface area contributed by atoms with Gasteiger partial charge in [0.25, 0.3) is 0 Å². The molecule has 1 heterocycles. The van der Waals surface area contributed by atoms with Gasteiger partial charge in [0.1, 0.15) is 5.82 Å². The lowest BCUT2D eigenvalue weighted by molar-refractivity contribution is 0.826. The van der Waals surface area contributed by atoms with Crippen LogP contribution < -0.4 is 10.6 Å². The highest BCUT2D eigenvalue weighted by atomic mass is 15.1. The minimum Gasteiger partial charge on any atom is -0.354 e. The minimum atomic E-state index is 0.686. The van der Waals surface area contributed by atoms with Crippen LogP contribution in [0.15, 0.2) is 30.5 Å². The van der Waals surface area contributed by atoms with Gasteiger partial charge in [-0.1, -0.05) is 45.4 Å². The number of aromatic nitrogens is 2. The summed E-state index contributed by atoms with van der Waals surface area (Å²) in [4.78, 5) is 8.83. The molecule has 118 valence electrons. The van der Waals surface area contributed by atoms with Gasteiger partial charge in [-0.25, -0.2) is 4.98 Å². The molecule has 0 spiro atoms. The summed E-state index contributed by atoms with van der Waals surface area (Å²) in [7, 11) is 0. The van der Waals surface area contributed by atoms with Crippen LogP contribution >= 0.6 is 0 Å². The maximum atomic E-state index is 4.56. The van der Waals surface area contributed by atoms with Crippen LogP contribution in [0.25, 0.3) is 0 Å². The van der Waals surface area contributed by atoms with E-state index in [1.165, 1.54) is 16.8 Å². The summed E-state index contributed by atoms with van der Waals surface area (Å²) >= 11 is 0. The van der Waals surface area contributed by atoms with Crippen LogP contribution in [0.3, 0.4) is 0 Å². The molecular formula is C18H26N4. The maximum Gasteiger partial charge on any atom is 0.224 e. The van der Waals surface area contributed by atoms with Gasteiger partial charge in [0, 0.05) is 18.4 Å². The lowest BCUT2D eigenvalue weighted by Gasteiger charge is -2.15. The van der Waals surface area contributed by atoms with Crippen LogP contribution in [-0.4, -0.2) is 16.5 Å². The van der Waals surface area contributed by atoms with Crippen molar-refractivity contribution in [3.63, 3.8) is 0 Å². The van der Waals surface area contributed by atoms with Gasteiger partial charge in [0.05, 0.1) is 0 Å². The smallest absolute Gasteiger partial charge is 0.224 e. The highest BCUT2D eigenvalue weighted by Crippen LogP contribution is 2.25. The highest BCUT2D eigenvalue weighted by molar-refractivity contribution is 5.65. The molecule has 0 saturated carbocycles. The third-order valence-corrected chi connectivity index (χ3v) is 3.72. The molecule has 22 heavy (non-hydrogen) atoms. The second kappa shape index (κ2) is 8.37. The van der Waals surface area contributed by atoms with E-state index >= 15 is 0 Å². The van der Waals surface area contributed by atoms with Gasteiger partial charge in [0.2, 0.25) is 5.95 Å². The van der Waals surface area contributed by atoms with E-state index in [9.17, 15) is 0 Å². The van der Waals surface area contributed by atoms with Crippen LogP contribution in [-0.2, 0) is 12.8 Å².